The van der Waals surface area contributed by atoms with Crippen LogP contribution in [0.25, 0.3) is 22.2 Å². The number of fused-ring (bicyclic) bond motifs is 1. The highest BCUT2D eigenvalue weighted by Crippen LogP contribution is 2.41. The third-order valence-electron chi connectivity index (χ3n) is 6.62. The molecule has 1 saturated carbocycles. The molecule has 170 valence electrons. The Hall–Kier alpha value is -2.54. The molecule has 8 heteroatoms. The van der Waals surface area contributed by atoms with E-state index in [0.717, 1.165) is 48.5 Å². The average Bonchev–Trinajstić information content (AvgIpc) is 3.36. The molecule has 4 nitrogen and oxygen atoms in total. The van der Waals surface area contributed by atoms with Crippen LogP contribution in [0, 0.1) is 13.8 Å². The van der Waals surface area contributed by atoms with Crippen LogP contribution in [-0.4, -0.2) is 21.3 Å². The Kier molecular flexibility index (Phi) is 5.74. The lowest BCUT2D eigenvalue weighted by Crippen LogP contribution is -2.31. The van der Waals surface area contributed by atoms with Crippen LogP contribution in [-0.2, 0) is 11.0 Å². The van der Waals surface area contributed by atoms with E-state index in [1.807, 2.05) is 13.8 Å². The smallest absolute Gasteiger partial charge is 0.388 e. The van der Waals surface area contributed by atoms with Crippen molar-refractivity contribution in [3.05, 3.63) is 52.8 Å². The van der Waals surface area contributed by atoms with Crippen LogP contribution in [0.1, 0.15) is 61.0 Å². The molecule has 32 heavy (non-hydrogen) atoms. The van der Waals surface area contributed by atoms with Crippen molar-refractivity contribution in [2.24, 2.45) is 5.16 Å². The molecule has 1 spiro atoms. The van der Waals surface area contributed by atoms with E-state index >= 15 is 0 Å². The molecule has 1 aliphatic heterocycles. The van der Waals surface area contributed by atoms with Crippen molar-refractivity contribution in [2.75, 3.05) is 0 Å². The lowest BCUT2D eigenvalue weighted by atomic mass is 9.81. The van der Waals surface area contributed by atoms with Crippen molar-refractivity contribution >= 4 is 29.2 Å². The van der Waals surface area contributed by atoms with Crippen molar-refractivity contribution in [3.63, 3.8) is 0 Å². The summed E-state index contributed by atoms with van der Waals surface area (Å²) in [7, 11) is 0. The van der Waals surface area contributed by atoms with Gasteiger partial charge in [0.05, 0.1) is 16.6 Å². The fraction of sp³-hybridized carbons (Fsp3) is 0.417. The van der Waals surface area contributed by atoms with E-state index in [1.54, 1.807) is 12.1 Å². The Morgan fingerprint density at radius 1 is 1.03 bits per heavy atom. The molecule has 0 saturated heterocycles. The summed E-state index contributed by atoms with van der Waals surface area (Å²) in [5, 5.41) is 4.34. The monoisotopic (exact) mass is 463 g/mol. The average molecular weight is 464 g/mol. The van der Waals surface area contributed by atoms with Gasteiger partial charge in [-0.1, -0.05) is 29.8 Å². The first kappa shape index (κ1) is 22.6. The summed E-state index contributed by atoms with van der Waals surface area (Å²) in [5.74, 6) is 0.643. The number of rotatable bonds is 2. The molecule has 1 aromatic heterocycles. The number of aryl methyl sites for hydroxylation is 2. The lowest BCUT2D eigenvalue weighted by Gasteiger charge is -2.30. The molecule has 5 rings (SSSR count). The van der Waals surface area contributed by atoms with Crippen LogP contribution in [0.3, 0.4) is 0 Å². The van der Waals surface area contributed by atoms with E-state index in [1.165, 1.54) is 18.6 Å². The first-order valence-electron chi connectivity index (χ1n) is 10.7. The Morgan fingerprint density at radius 3 is 2.47 bits per heavy atom. The molecular formula is C24H25ClF3N3O. The largest absolute Gasteiger partial charge is 0.417 e. The number of imidazole rings is 1. The second-order valence-corrected chi connectivity index (χ2v) is 8.77. The number of halogens is 4. The summed E-state index contributed by atoms with van der Waals surface area (Å²) in [5.41, 5.74) is 3.71. The molecule has 3 aromatic rings. The van der Waals surface area contributed by atoms with Gasteiger partial charge in [-0.2, -0.15) is 13.2 Å². The number of aromatic amines is 1. The minimum Gasteiger partial charge on any atom is -0.388 e. The van der Waals surface area contributed by atoms with Gasteiger partial charge in [0.1, 0.15) is 11.3 Å². The van der Waals surface area contributed by atoms with E-state index in [2.05, 4.69) is 10.1 Å². The number of aromatic nitrogens is 2. The molecule has 0 radical (unpaired) electrons. The third-order valence-corrected chi connectivity index (χ3v) is 6.62. The van der Waals surface area contributed by atoms with Crippen molar-refractivity contribution in [1.29, 1.82) is 0 Å². The predicted molar refractivity (Wildman–Crippen MR) is 121 cm³/mol. The second-order valence-electron chi connectivity index (χ2n) is 8.77. The van der Waals surface area contributed by atoms with E-state index in [0.29, 0.717) is 28.9 Å². The van der Waals surface area contributed by atoms with Crippen molar-refractivity contribution in [1.82, 2.24) is 9.97 Å². The van der Waals surface area contributed by atoms with Gasteiger partial charge in [-0.05, 0) is 73.9 Å². The topological polar surface area (TPSA) is 50.3 Å². The van der Waals surface area contributed by atoms with Gasteiger partial charge in [0.15, 0.2) is 5.82 Å². The summed E-state index contributed by atoms with van der Waals surface area (Å²) >= 11 is 0. The van der Waals surface area contributed by atoms with Gasteiger partial charge in [-0.3, -0.25) is 0 Å². The number of oxime groups is 1. The highest BCUT2D eigenvalue weighted by atomic mass is 35.5. The Morgan fingerprint density at radius 2 is 1.75 bits per heavy atom. The first-order chi connectivity index (χ1) is 14.8. The molecule has 1 fully saturated rings. The zero-order valence-electron chi connectivity index (χ0n) is 18.0. The second kappa shape index (κ2) is 8.10. The number of nitrogens with zero attached hydrogens (tertiary/aromatic N) is 2. The van der Waals surface area contributed by atoms with Crippen molar-refractivity contribution in [3.8, 4) is 11.1 Å². The summed E-state index contributed by atoms with van der Waals surface area (Å²) < 4.78 is 40.8. The third kappa shape index (κ3) is 3.76. The highest BCUT2D eigenvalue weighted by molar-refractivity contribution is 6.02. The van der Waals surface area contributed by atoms with Gasteiger partial charge < -0.3 is 9.82 Å². The van der Waals surface area contributed by atoms with Gasteiger partial charge in [0.25, 0.3) is 0 Å². The molecule has 0 atom stereocenters. The van der Waals surface area contributed by atoms with Crippen LogP contribution in [0.4, 0.5) is 13.2 Å². The molecule has 2 aromatic carbocycles. The van der Waals surface area contributed by atoms with Gasteiger partial charge in [-0.15, -0.1) is 12.4 Å². The standard InChI is InChI=1S/C24H24F3N3O.ClH/c1-14-12-17(16-8-4-5-9-18(16)24(25,26)27)15(2)21-20(14)28-22(29-21)19-13-23(31-30-19)10-6-3-7-11-23;/h4-5,8-9,12H,3,6-7,10-11,13H2,1-2H3,(H,28,29);1H. The maximum atomic E-state index is 13.6. The van der Waals surface area contributed by atoms with Gasteiger partial charge >= 0.3 is 6.18 Å². The van der Waals surface area contributed by atoms with Crippen molar-refractivity contribution < 1.29 is 18.0 Å². The summed E-state index contributed by atoms with van der Waals surface area (Å²) in [6.07, 6.45) is 1.80. The maximum absolute atomic E-state index is 13.6. The molecule has 1 aliphatic carbocycles. The van der Waals surface area contributed by atoms with Gasteiger partial charge in [0, 0.05) is 6.42 Å². The summed E-state index contributed by atoms with van der Waals surface area (Å²) in [6, 6.07) is 7.50. The SMILES string of the molecule is Cc1c(-c2ccccc2C(F)(F)F)cc(C)c2[nH]c(C3=NOC4(CCCCC4)C3)nc12.Cl. The lowest BCUT2D eigenvalue weighted by molar-refractivity contribution is -0.137. The van der Waals surface area contributed by atoms with Gasteiger partial charge in [0.2, 0.25) is 0 Å². The Balaban J connectivity index is 0.00000245. The number of nitrogens with one attached hydrogen (secondary N) is 1. The highest BCUT2D eigenvalue weighted by Gasteiger charge is 2.41. The van der Waals surface area contributed by atoms with Gasteiger partial charge in [-0.25, -0.2) is 4.98 Å². The van der Waals surface area contributed by atoms with E-state index in [-0.39, 0.29) is 23.6 Å². The molecular weight excluding hydrogens is 439 g/mol. The van der Waals surface area contributed by atoms with E-state index in [9.17, 15) is 13.2 Å². The zero-order chi connectivity index (χ0) is 21.8. The maximum Gasteiger partial charge on any atom is 0.417 e. The quantitative estimate of drug-likeness (QED) is 0.440. The Labute approximate surface area is 190 Å². The predicted octanol–water partition coefficient (Wildman–Crippen LogP) is 7.11. The number of H-pyrrole nitrogens is 1. The minimum absolute atomic E-state index is 0. The van der Waals surface area contributed by atoms with Crippen LogP contribution < -0.4 is 0 Å². The molecule has 2 aliphatic rings. The summed E-state index contributed by atoms with van der Waals surface area (Å²) in [6.45, 7) is 3.71. The normalized spacial score (nSPS) is 17.8. The first-order valence-corrected chi connectivity index (χ1v) is 10.7. The molecule has 0 amide bonds. The Bertz CT molecular complexity index is 1190. The molecule has 1 N–H and O–H groups in total. The van der Waals surface area contributed by atoms with Crippen LogP contribution in [0.15, 0.2) is 35.5 Å². The molecule has 0 bridgehead atoms. The number of hydrogen-bond acceptors (Lipinski definition) is 3. The zero-order valence-corrected chi connectivity index (χ0v) is 18.8. The van der Waals surface area contributed by atoms with E-state index < -0.39 is 11.7 Å². The number of benzene rings is 2. The number of hydrogen-bond donors (Lipinski definition) is 1. The van der Waals surface area contributed by atoms with E-state index in [4.69, 9.17) is 9.82 Å². The van der Waals surface area contributed by atoms with Crippen LogP contribution >= 0.6 is 12.4 Å². The molecule has 0 unspecified atom stereocenters. The van der Waals surface area contributed by atoms with Crippen LogP contribution in [0.5, 0.6) is 0 Å². The fourth-order valence-electron chi connectivity index (χ4n) is 4.95. The van der Waals surface area contributed by atoms with Crippen LogP contribution in [0.2, 0.25) is 0 Å². The number of alkyl halides is 3. The fourth-order valence-corrected chi connectivity index (χ4v) is 4.95. The summed E-state index contributed by atoms with van der Waals surface area (Å²) in [4.78, 5) is 14.0. The molecule has 2 heterocycles. The van der Waals surface area contributed by atoms with Crippen molar-refractivity contribution in [2.45, 2.75) is 64.1 Å². The minimum atomic E-state index is -4.42.